The molecule has 2 rings (SSSR count). The fourth-order valence-corrected chi connectivity index (χ4v) is 1.91. The topological polar surface area (TPSA) is 3.24 Å². The molecule has 0 saturated heterocycles. The predicted octanol–water partition coefficient (Wildman–Crippen LogP) is 4.00. The molecule has 82 valence electrons. The van der Waals surface area contributed by atoms with Gasteiger partial charge < -0.3 is 4.90 Å². The summed E-state index contributed by atoms with van der Waals surface area (Å²) in [4.78, 5) is 2.29. The van der Waals surface area contributed by atoms with Crippen LogP contribution in [0, 0.1) is 0 Å². The Balaban J connectivity index is 0.000000531. The first-order chi connectivity index (χ1) is 7.33. The van der Waals surface area contributed by atoms with E-state index in [0.717, 1.165) is 12.8 Å². The molecular formula is C14H21N. The summed E-state index contributed by atoms with van der Waals surface area (Å²) in [6, 6.07) is 8.61. The molecule has 1 aliphatic heterocycles. The van der Waals surface area contributed by atoms with Gasteiger partial charge in [-0.05, 0) is 24.5 Å². The number of allylic oxidation sites excluding steroid dienone is 2. The molecular weight excluding hydrogens is 182 g/mol. The lowest BCUT2D eigenvalue weighted by atomic mass is 10.0. The van der Waals surface area contributed by atoms with Gasteiger partial charge in [-0.25, -0.2) is 0 Å². The van der Waals surface area contributed by atoms with E-state index in [1.54, 1.807) is 0 Å². The van der Waals surface area contributed by atoms with Gasteiger partial charge in [-0.1, -0.05) is 45.0 Å². The molecule has 0 aliphatic carbocycles. The Labute approximate surface area is 93.4 Å². The summed E-state index contributed by atoms with van der Waals surface area (Å²) >= 11 is 0. The molecule has 1 aliphatic rings. The first-order valence-electron chi connectivity index (χ1n) is 5.83. The lowest BCUT2D eigenvalue weighted by Crippen LogP contribution is -2.20. The minimum absolute atomic E-state index is 1.09. The van der Waals surface area contributed by atoms with Crippen molar-refractivity contribution in [3.05, 3.63) is 41.6 Å². The first kappa shape index (κ1) is 11.8. The van der Waals surface area contributed by atoms with Gasteiger partial charge in [0, 0.05) is 18.4 Å². The maximum absolute atomic E-state index is 2.32. The van der Waals surface area contributed by atoms with E-state index in [9.17, 15) is 0 Å². The highest BCUT2D eigenvalue weighted by atomic mass is 15.1. The quantitative estimate of drug-likeness (QED) is 0.667. The van der Waals surface area contributed by atoms with Crippen LogP contribution in [0.2, 0.25) is 0 Å². The van der Waals surface area contributed by atoms with Gasteiger partial charge >= 0.3 is 0 Å². The van der Waals surface area contributed by atoms with E-state index in [-0.39, 0.29) is 0 Å². The number of anilines is 1. The zero-order valence-corrected chi connectivity index (χ0v) is 10.2. The molecule has 0 spiro atoms. The molecule has 0 amide bonds. The minimum atomic E-state index is 1.09. The van der Waals surface area contributed by atoms with Crippen molar-refractivity contribution in [2.45, 2.75) is 33.6 Å². The second-order valence-electron chi connectivity index (χ2n) is 3.44. The Kier molecular flexibility index (Phi) is 4.41. The van der Waals surface area contributed by atoms with Gasteiger partial charge in [0.2, 0.25) is 0 Å². The average molecular weight is 203 g/mol. The zero-order chi connectivity index (χ0) is 11.3. The predicted molar refractivity (Wildman–Crippen MR) is 68.3 cm³/mol. The average Bonchev–Trinajstić information content (AvgIpc) is 2.33. The summed E-state index contributed by atoms with van der Waals surface area (Å²) in [6.07, 6.45) is 4.52. The molecule has 15 heavy (non-hydrogen) atoms. The second-order valence-corrected chi connectivity index (χ2v) is 3.44. The van der Waals surface area contributed by atoms with Crippen LogP contribution < -0.4 is 4.90 Å². The largest absolute Gasteiger partial charge is 0.348 e. The molecule has 0 bridgehead atoms. The van der Waals surface area contributed by atoms with Gasteiger partial charge in [0.05, 0.1) is 0 Å². The molecule has 1 nitrogen and oxygen atoms in total. The summed E-state index contributed by atoms with van der Waals surface area (Å²) in [5, 5.41) is 0. The maximum atomic E-state index is 2.32. The van der Waals surface area contributed by atoms with Crippen LogP contribution in [-0.4, -0.2) is 7.05 Å². The van der Waals surface area contributed by atoms with E-state index in [4.69, 9.17) is 0 Å². The Morgan fingerprint density at radius 1 is 1.20 bits per heavy atom. The molecule has 0 aromatic heterocycles. The van der Waals surface area contributed by atoms with Crippen LogP contribution >= 0.6 is 0 Å². The van der Waals surface area contributed by atoms with Crippen molar-refractivity contribution in [3.63, 3.8) is 0 Å². The Hall–Kier alpha value is -1.24. The van der Waals surface area contributed by atoms with Crippen molar-refractivity contribution in [3.8, 4) is 0 Å². The molecule has 1 heteroatoms. The van der Waals surface area contributed by atoms with Gasteiger partial charge in [0.15, 0.2) is 0 Å². The van der Waals surface area contributed by atoms with Crippen LogP contribution in [0.25, 0.3) is 0 Å². The minimum Gasteiger partial charge on any atom is -0.348 e. The molecule has 0 fully saturated rings. The van der Waals surface area contributed by atoms with Crippen molar-refractivity contribution in [1.29, 1.82) is 0 Å². The number of fused-ring (bicyclic) bond motifs is 1. The van der Waals surface area contributed by atoms with Crippen LogP contribution in [-0.2, 0) is 6.42 Å². The Morgan fingerprint density at radius 2 is 1.87 bits per heavy atom. The number of nitrogens with zero attached hydrogens (tertiary/aromatic N) is 1. The van der Waals surface area contributed by atoms with E-state index in [2.05, 4.69) is 49.2 Å². The van der Waals surface area contributed by atoms with Crippen molar-refractivity contribution >= 4 is 5.69 Å². The lowest BCUT2D eigenvalue weighted by Gasteiger charge is -2.28. The van der Waals surface area contributed by atoms with Crippen molar-refractivity contribution in [2.75, 3.05) is 11.9 Å². The van der Waals surface area contributed by atoms with Crippen molar-refractivity contribution in [2.24, 2.45) is 0 Å². The normalized spacial score (nSPS) is 13.6. The lowest BCUT2D eigenvalue weighted by molar-refractivity contribution is 0.928. The highest BCUT2D eigenvalue weighted by Gasteiger charge is 2.13. The molecule has 0 atom stereocenters. The number of para-hydroxylation sites is 1. The van der Waals surface area contributed by atoms with Gasteiger partial charge in [0.1, 0.15) is 0 Å². The smallest absolute Gasteiger partial charge is 0.0441 e. The van der Waals surface area contributed by atoms with E-state index >= 15 is 0 Å². The summed E-state index contributed by atoms with van der Waals surface area (Å²) in [6.45, 7) is 6.20. The van der Waals surface area contributed by atoms with Gasteiger partial charge in [-0.3, -0.25) is 0 Å². The monoisotopic (exact) mass is 203 g/mol. The number of rotatable bonds is 1. The van der Waals surface area contributed by atoms with Crippen LogP contribution in [0.4, 0.5) is 5.69 Å². The number of hydrogen-bond donors (Lipinski definition) is 0. The van der Waals surface area contributed by atoms with Crippen LogP contribution in [0.15, 0.2) is 36.0 Å². The third-order valence-corrected chi connectivity index (χ3v) is 2.70. The molecule has 1 aromatic rings. The summed E-state index contributed by atoms with van der Waals surface area (Å²) in [7, 11) is 2.15. The molecule has 0 unspecified atom stereocenters. The maximum Gasteiger partial charge on any atom is 0.0441 e. The summed E-state index contributed by atoms with van der Waals surface area (Å²) in [5.41, 5.74) is 4.22. The van der Waals surface area contributed by atoms with Crippen LogP contribution in [0.5, 0.6) is 0 Å². The number of hydrogen-bond acceptors (Lipinski definition) is 1. The van der Waals surface area contributed by atoms with Crippen molar-refractivity contribution in [1.82, 2.24) is 0 Å². The molecule has 1 aromatic carbocycles. The SMILES string of the molecule is CC.CCC1=CCc2ccccc2N1C. The van der Waals surface area contributed by atoms with Gasteiger partial charge in [0.25, 0.3) is 0 Å². The fourth-order valence-electron chi connectivity index (χ4n) is 1.91. The van der Waals surface area contributed by atoms with E-state index in [1.165, 1.54) is 16.9 Å². The van der Waals surface area contributed by atoms with E-state index in [1.807, 2.05) is 13.8 Å². The van der Waals surface area contributed by atoms with Gasteiger partial charge in [-0.2, -0.15) is 0 Å². The second kappa shape index (κ2) is 5.59. The first-order valence-corrected chi connectivity index (χ1v) is 5.83. The molecule has 0 N–H and O–H groups in total. The molecule has 1 heterocycles. The third kappa shape index (κ3) is 2.41. The third-order valence-electron chi connectivity index (χ3n) is 2.70. The molecule has 0 radical (unpaired) electrons. The van der Waals surface area contributed by atoms with Crippen LogP contribution in [0.3, 0.4) is 0 Å². The Morgan fingerprint density at radius 3 is 2.53 bits per heavy atom. The standard InChI is InChI=1S/C12H15N.C2H6/c1-3-11-9-8-10-6-4-5-7-12(10)13(11)2;1-2/h4-7,9H,3,8H2,1-2H3;1-2H3. The molecule has 0 saturated carbocycles. The van der Waals surface area contributed by atoms with Crippen molar-refractivity contribution < 1.29 is 0 Å². The highest BCUT2D eigenvalue weighted by Crippen LogP contribution is 2.28. The van der Waals surface area contributed by atoms with E-state index in [0.29, 0.717) is 0 Å². The fraction of sp³-hybridized carbons (Fsp3) is 0.429. The van der Waals surface area contributed by atoms with E-state index < -0.39 is 0 Å². The highest BCUT2D eigenvalue weighted by molar-refractivity contribution is 5.60. The number of benzene rings is 1. The summed E-state index contributed by atoms with van der Waals surface area (Å²) < 4.78 is 0. The summed E-state index contributed by atoms with van der Waals surface area (Å²) in [5.74, 6) is 0. The zero-order valence-electron chi connectivity index (χ0n) is 10.2. The van der Waals surface area contributed by atoms with Crippen LogP contribution in [0.1, 0.15) is 32.8 Å². The Bertz CT molecular complexity index is 339. The van der Waals surface area contributed by atoms with Gasteiger partial charge in [-0.15, -0.1) is 0 Å².